The van der Waals surface area contributed by atoms with Crippen LogP contribution in [0.5, 0.6) is 5.75 Å². The molecule has 19 heavy (non-hydrogen) atoms. The van der Waals surface area contributed by atoms with Crippen molar-refractivity contribution in [3.63, 3.8) is 0 Å². The van der Waals surface area contributed by atoms with Gasteiger partial charge in [-0.25, -0.2) is 4.39 Å². The molecule has 0 aromatic heterocycles. The molecule has 0 spiro atoms. The van der Waals surface area contributed by atoms with Gasteiger partial charge in [0.05, 0.1) is 11.6 Å². The van der Waals surface area contributed by atoms with Crippen LogP contribution in [0.4, 0.5) is 4.39 Å². The van der Waals surface area contributed by atoms with Gasteiger partial charge >= 0.3 is 0 Å². The molecule has 108 valence electrons. The van der Waals surface area contributed by atoms with E-state index in [-0.39, 0.29) is 5.82 Å². The number of ether oxygens (including phenoxy) is 1. The summed E-state index contributed by atoms with van der Waals surface area (Å²) in [7, 11) is 1.58. The van der Waals surface area contributed by atoms with E-state index in [0.29, 0.717) is 16.3 Å². The molecule has 0 fully saturated rings. The first-order valence-electron chi connectivity index (χ1n) is 6.80. The Labute approximate surface area is 123 Å². The Morgan fingerprint density at radius 1 is 1.26 bits per heavy atom. The zero-order chi connectivity index (χ0) is 14.3. The van der Waals surface area contributed by atoms with Crippen LogP contribution in [0.3, 0.4) is 0 Å². The number of benzene rings is 1. The largest absolute Gasteiger partial charge is 0.496 e. The van der Waals surface area contributed by atoms with E-state index in [4.69, 9.17) is 4.74 Å². The fourth-order valence-corrected chi connectivity index (χ4v) is 2.35. The molecule has 0 amide bonds. The highest BCUT2D eigenvalue weighted by Crippen LogP contribution is 2.27. The summed E-state index contributed by atoms with van der Waals surface area (Å²) in [5, 5.41) is 3.40. The summed E-state index contributed by atoms with van der Waals surface area (Å²) in [5.74, 6) is 0.364. The predicted molar refractivity (Wildman–Crippen MR) is 81.3 cm³/mol. The highest BCUT2D eigenvalue weighted by atomic mass is 79.9. The van der Waals surface area contributed by atoms with Gasteiger partial charge in [-0.15, -0.1) is 0 Å². The molecule has 0 saturated carbocycles. The number of aryl methyl sites for hydroxylation is 1. The van der Waals surface area contributed by atoms with E-state index in [1.165, 1.54) is 12.5 Å². The highest BCUT2D eigenvalue weighted by molar-refractivity contribution is 9.10. The predicted octanol–water partition coefficient (Wildman–Crippen LogP) is 4.31. The lowest BCUT2D eigenvalue weighted by molar-refractivity contribution is 0.404. The molecular formula is C15H23BrFNO. The minimum Gasteiger partial charge on any atom is -0.496 e. The van der Waals surface area contributed by atoms with Crippen LogP contribution in [0.15, 0.2) is 16.6 Å². The van der Waals surface area contributed by atoms with Crippen molar-refractivity contribution in [3.05, 3.63) is 28.0 Å². The highest BCUT2D eigenvalue weighted by Gasteiger charge is 2.08. The Morgan fingerprint density at radius 3 is 2.63 bits per heavy atom. The van der Waals surface area contributed by atoms with E-state index in [0.717, 1.165) is 31.4 Å². The molecule has 1 N–H and O–H groups in total. The number of rotatable bonds is 8. The normalized spacial score (nSPS) is 11.1. The smallest absolute Gasteiger partial charge is 0.141 e. The van der Waals surface area contributed by atoms with Crippen LogP contribution in [0.2, 0.25) is 0 Å². The number of unbranched alkanes of at least 4 members (excludes halogenated alkanes) is 2. The van der Waals surface area contributed by atoms with Crippen LogP contribution in [0, 0.1) is 5.82 Å². The molecule has 4 heteroatoms. The van der Waals surface area contributed by atoms with Crippen LogP contribution in [0.1, 0.15) is 38.7 Å². The Morgan fingerprint density at radius 2 is 2.00 bits per heavy atom. The first-order valence-corrected chi connectivity index (χ1v) is 7.59. The Hall–Kier alpha value is -0.610. The molecule has 1 rings (SSSR count). The van der Waals surface area contributed by atoms with Gasteiger partial charge in [0.25, 0.3) is 0 Å². The van der Waals surface area contributed by atoms with E-state index in [9.17, 15) is 4.39 Å². The Kier molecular flexibility index (Phi) is 7.39. The maximum absolute atomic E-state index is 13.4. The topological polar surface area (TPSA) is 21.3 Å². The second-order valence-corrected chi connectivity index (χ2v) is 5.85. The summed E-state index contributed by atoms with van der Waals surface area (Å²) < 4.78 is 19.1. The lowest BCUT2D eigenvalue weighted by Gasteiger charge is -2.10. The molecule has 1 aromatic rings. The maximum atomic E-state index is 13.4. The molecule has 2 nitrogen and oxygen atoms in total. The average molecular weight is 332 g/mol. The second kappa shape index (κ2) is 8.54. The van der Waals surface area contributed by atoms with Crippen LogP contribution in [-0.2, 0) is 6.42 Å². The molecule has 0 atom stereocenters. The van der Waals surface area contributed by atoms with Gasteiger partial charge in [0.1, 0.15) is 11.6 Å². The monoisotopic (exact) mass is 331 g/mol. The zero-order valence-electron chi connectivity index (χ0n) is 11.9. The van der Waals surface area contributed by atoms with Gasteiger partial charge in [-0.1, -0.05) is 20.3 Å². The van der Waals surface area contributed by atoms with Crippen LogP contribution in [-0.4, -0.2) is 19.7 Å². The molecule has 0 bridgehead atoms. The van der Waals surface area contributed by atoms with Gasteiger partial charge < -0.3 is 10.1 Å². The standard InChI is InChI=1S/C15H23BrFNO/c1-11(2)18-8-6-4-5-7-12-9-13(16)14(17)10-15(12)19-3/h9-11,18H,4-8H2,1-3H3. The van der Waals surface area contributed by atoms with Gasteiger partial charge in [0.15, 0.2) is 0 Å². The van der Waals surface area contributed by atoms with Crippen molar-refractivity contribution in [3.8, 4) is 5.75 Å². The van der Waals surface area contributed by atoms with Crippen molar-refractivity contribution in [2.45, 2.75) is 45.6 Å². The number of methoxy groups -OCH3 is 1. The van der Waals surface area contributed by atoms with Crippen molar-refractivity contribution in [1.82, 2.24) is 5.32 Å². The third kappa shape index (κ3) is 5.91. The number of hydrogen-bond acceptors (Lipinski definition) is 2. The first-order chi connectivity index (χ1) is 9.04. The molecule has 1 aromatic carbocycles. The van der Waals surface area contributed by atoms with E-state index in [1.54, 1.807) is 7.11 Å². The van der Waals surface area contributed by atoms with Crippen LogP contribution >= 0.6 is 15.9 Å². The first kappa shape index (κ1) is 16.4. The minimum atomic E-state index is -0.276. The lowest BCUT2D eigenvalue weighted by atomic mass is 10.1. The molecule has 0 unspecified atom stereocenters. The van der Waals surface area contributed by atoms with Gasteiger partial charge in [0, 0.05) is 12.1 Å². The number of halogens is 2. The molecule has 0 aliphatic heterocycles. The summed E-state index contributed by atoms with van der Waals surface area (Å²) in [6.45, 7) is 5.36. The maximum Gasteiger partial charge on any atom is 0.141 e. The molecular weight excluding hydrogens is 309 g/mol. The molecule has 0 aliphatic rings. The van der Waals surface area contributed by atoms with Crippen molar-refractivity contribution in [1.29, 1.82) is 0 Å². The molecule has 0 saturated heterocycles. The second-order valence-electron chi connectivity index (χ2n) is 5.00. The van der Waals surface area contributed by atoms with Crippen molar-refractivity contribution < 1.29 is 9.13 Å². The quantitative estimate of drug-likeness (QED) is 0.717. The zero-order valence-corrected chi connectivity index (χ0v) is 13.5. The van der Waals surface area contributed by atoms with Gasteiger partial charge in [-0.05, 0) is 53.4 Å². The third-order valence-electron chi connectivity index (χ3n) is 3.00. The van der Waals surface area contributed by atoms with E-state index in [1.807, 2.05) is 6.07 Å². The van der Waals surface area contributed by atoms with E-state index < -0.39 is 0 Å². The van der Waals surface area contributed by atoms with E-state index >= 15 is 0 Å². The summed E-state index contributed by atoms with van der Waals surface area (Å²) in [6, 6.07) is 3.81. The molecule has 0 aliphatic carbocycles. The third-order valence-corrected chi connectivity index (χ3v) is 3.61. The van der Waals surface area contributed by atoms with Crippen LogP contribution in [0.25, 0.3) is 0 Å². The van der Waals surface area contributed by atoms with Crippen molar-refractivity contribution >= 4 is 15.9 Å². The lowest BCUT2D eigenvalue weighted by Crippen LogP contribution is -2.23. The summed E-state index contributed by atoms with van der Waals surface area (Å²) in [6.07, 6.45) is 4.35. The minimum absolute atomic E-state index is 0.276. The van der Waals surface area contributed by atoms with Gasteiger partial charge in [-0.2, -0.15) is 0 Å². The van der Waals surface area contributed by atoms with Crippen molar-refractivity contribution in [2.75, 3.05) is 13.7 Å². The van der Waals surface area contributed by atoms with Crippen molar-refractivity contribution in [2.24, 2.45) is 0 Å². The summed E-state index contributed by atoms with van der Waals surface area (Å²) in [5.41, 5.74) is 1.06. The summed E-state index contributed by atoms with van der Waals surface area (Å²) >= 11 is 3.22. The molecule has 0 radical (unpaired) electrons. The number of hydrogen-bond donors (Lipinski definition) is 1. The van der Waals surface area contributed by atoms with E-state index in [2.05, 4.69) is 35.1 Å². The fraction of sp³-hybridized carbons (Fsp3) is 0.600. The van der Waals surface area contributed by atoms with Gasteiger partial charge in [-0.3, -0.25) is 0 Å². The Bertz CT molecular complexity index is 396. The van der Waals surface area contributed by atoms with Crippen LogP contribution < -0.4 is 10.1 Å². The number of nitrogens with one attached hydrogen (secondary N) is 1. The molecule has 0 heterocycles. The fourth-order valence-electron chi connectivity index (χ4n) is 1.96. The van der Waals surface area contributed by atoms with Gasteiger partial charge in [0.2, 0.25) is 0 Å². The Balaban J connectivity index is 2.38. The SMILES string of the molecule is COc1cc(F)c(Br)cc1CCCCCNC(C)C. The average Bonchev–Trinajstić information content (AvgIpc) is 2.36. The summed E-state index contributed by atoms with van der Waals surface area (Å²) in [4.78, 5) is 0.